The average Bonchev–Trinajstić information content (AvgIpc) is 3.38. The molecule has 0 aromatic carbocycles. The minimum absolute atomic E-state index is 0.00858. The van der Waals surface area contributed by atoms with Crippen molar-refractivity contribution in [3.8, 4) is 22.8 Å². The molecule has 1 saturated heterocycles. The molecule has 13 heteroatoms. The molecule has 6 rings (SSSR count). The van der Waals surface area contributed by atoms with Crippen molar-refractivity contribution in [1.82, 2.24) is 24.7 Å². The lowest BCUT2D eigenvalue weighted by Gasteiger charge is -2.48. The Balaban J connectivity index is 1.35. The van der Waals surface area contributed by atoms with Crippen LogP contribution in [0.3, 0.4) is 0 Å². The highest BCUT2D eigenvalue weighted by molar-refractivity contribution is 7.90. The number of pyridine rings is 3. The lowest BCUT2D eigenvalue weighted by Crippen LogP contribution is -2.57. The predicted octanol–water partition coefficient (Wildman–Crippen LogP) is 4.91. The number of methoxy groups -OCH3 is 1. The van der Waals surface area contributed by atoms with Crippen LogP contribution in [0.1, 0.15) is 31.9 Å². The third-order valence-electron chi connectivity index (χ3n) is 8.54. The van der Waals surface area contributed by atoms with E-state index >= 15 is 0 Å². The van der Waals surface area contributed by atoms with Crippen molar-refractivity contribution in [3.05, 3.63) is 48.5 Å². The lowest BCUT2D eigenvalue weighted by atomic mass is 9.79. The summed E-state index contributed by atoms with van der Waals surface area (Å²) in [7, 11) is -1.50. The van der Waals surface area contributed by atoms with Gasteiger partial charge in [0.25, 0.3) is 0 Å². The number of sulfone groups is 1. The largest absolute Gasteiger partial charge is 0.496 e. The number of rotatable bonds is 10. The first-order valence-corrected chi connectivity index (χ1v) is 16.4. The molecule has 0 spiro atoms. The smallest absolute Gasteiger partial charge is 0.248 e. The molecule has 1 N–H and O–H groups in total. The maximum atomic E-state index is 13.3. The summed E-state index contributed by atoms with van der Waals surface area (Å²) in [6.07, 6.45) is 6.88. The number of ether oxygens (including phenoxy) is 1. The van der Waals surface area contributed by atoms with Crippen LogP contribution in [0, 0.1) is 18.8 Å². The van der Waals surface area contributed by atoms with Gasteiger partial charge in [-0.15, -0.1) is 0 Å². The van der Waals surface area contributed by atoms with Crippen molar-refractivity contribution in [2.45, 2.75) is 45.1 Å². The van der Waals surface area contributed by atoms with E-state index in [2.05, 4.69) is 20.3 Å². The van der Waals surface area contributed by atoms with Crippen LogP contribution >= 0.6 is 0 Å². The fourth-order valence-corrected chi connectivity index (χ4v) is 7.28. The second kappa shape index (κ2) is 11.0. The topological polar surface area (TPSA) is 115 Å². The zero-order valence-electron chi connectivity index (χ0n) is 24.6. The number of nitrogens with one attached hydrogen (secondary N) is 1. The molecule has 2 aliphatic rings. The summed E-state index contributed by atoms with van der Waals surface area (Å²) < 4.78 is 57.9. The van der Waals surface area contributed by atoms with E-state index in [-0.39, 0.29) is 36.5 Å². The maximum absolute atomic E-state index is 13.3. The summed E-state index contributed by atoms with van der Waals surface area (Å²) in [6, 6.07) is 7.60. The van der Waals surface area contributed by atoms with Crippen molar-refractivity contribution in [1.29, 1.82) is 0 Å². The molecular formula is C30H35F2N7O3S. The van der Waals surface area contributed by atoms with Crippen molar-refractivity contribution in [3.63, 3.8) is 0 Å². The highest BCUT2D eigenvalue weighted by Crippen LogP contribution is 2.44. The summed E-state index contributed by atoms with van der Waals surface area (Å²) in [6.45, 7) is 5.05. The summed E-state index contributed by atoms with van der Waals surface area (Å²) in [5.41, 5.74) is 3.90. The summed E-state index contributed by atoms with van der Waals surface area (Å²) in [5, 5.41) is 8.88. The van der Waals surface area contributed by atoms with Crippen molar-refractivity contribution < 1.29 is 21.9 Å². The predicted molar refractivity (Wildman–Crippen MR) is 162 cm³/mol. The second-order valence-corrected chi connectivity index (χ2v) is 14.0. The Morgan fingerprint density at radius 1 is 1.16 bits per heavy atom. The number of halogens is 2. The Bertz CT molecular complexity index is 1770. The number of alkyl halides is 2. The van der Waals surface area contributed by atoms with Crippen LogP contribution in [0.15, 0.2) is 42.9 Å². The first-order valence-electron chi connectivity index (χ1n) is 14.3. The third kappa shape index (κ3) is 5.99. The highest BCUT2D eigenvalue weighted by atomic mass is 32.2. The van der Waals surface area contributed by atoms with E-state index in [9.17, 15) is 17.2 Å². The quantitative estimate of drug-likeness (QED) is 0.267. The zero-order valence-corrected chi connectivity index (χ0v) is 25.4. The molecule has 228 valence electrons. The van der Waals surface area contributed by atoms with E-state index in [0.29, 0.717) is 42.6 Å². The van der Waals surface area contributed by atoms with Crippen molar-refractivity contribution >= 4 is 32.2 Å². The highest BCUT2D eigenvalue weighted by Gasteiger charge is 2.44. The molecule has 1 aliphatic heterocycles. The van der Waals surface area contributed by atoms with Crippen LogP contribution in [-0.4, -0.2) is 77.3 Å². The van der Waals surface area contributed by atoms with Gasteiger partial charge in [0.15, 0.2) is 5.82 Å². The van der Waals surface area contributed by atoms with Gasteiger partial charge in [-0.05, 0) is 38.3 Å². The molecule has 2 fully saturated rings. The number of hydrogen-bond acceptors (Lipinski definition) is 9. The standard InChI is InChI=1S/C30H35F2N7O3S/c1-18-23-15-35-39(26(23)11-25(36-18)24-14-33-7-6-27(24)42-3)29-10-22(38-16-21(19(38)2)17-43(4,40)41)9-28(37-29)34-8-5-20-12-30(31,32)13-20/h6-7,9-11,14-15,19-21H,5,8,12-13,16-17H2,1-4H3,(H,34,37)/t19-,21-/m1/s1. The van der Waals surface area contributed by atoms with Gasteiger partial charge >= 0.3 is 0 Å². The Morgan fingerprint density at radius 2 is 1.95 bits per heavy atom. The number of nitrogens with zero attached hydrogens (tertiary/aromatic N) is 6. The lowest BCUT2D eigenvalue weighted by molar-refractivity contribution is -0.111. The Hall–Kier alpha value is -3.87. The van der Waals surface area contributed by atoms with Gasteiger partial charge in [-0.3, -0.25) is 9.97 Å². The average molecular weight is 612 g/mol. The van der Waals surface area contributed by atoms with Crippen LogP contribution in [-0.2, 0) is 9.84 Å². The van der Waals surface area contributed by atoms with Crippen LogP contribution in [0.5, 0.6) is 5.75 Å². The van der Waals surface area contributed by atoms with Gasteiger partial charge in [-0.1, -0.05) is 0 Å². The van der Waals surface area contributed by atoms with Gasteiger partial charge < -0.3 is 15.0 Å². The minimum Gasteiger partial charge on any atom is -0.496 e. The first-order chi connectivity index (χ1) is 20.4. The monoisotopic (exact) mass is 611 g/mol. The first kappa shape index (κ1) is 29.2. The van der Waals surface area contributed by atoms with E-state index in [4.69, 9.17) is 14.7 Å². The summed E-state index contributed by atoms with van der Waals surface area (Å²) in [5.74, 6) is -0.571. The van der Waals surface area contributed by atoms with Gasteiger partial charge in [-0.2, -0.15) is 5.10 Å². The van der Waals surface area contributed by atoms with Gasteiger partial charge in [-0.25, -0.2) is 26.9 Å². The van der Waals surface area contributed by atoms with E-state index in [1.165, 1.54) is 6.26 Å². The SMILES string of the molecule is COc1ccncc1-c1cc2c(cnn2-c2cc(N3C[C@H](CS(C)(=O)=O)[C@H]3C)cc(NCCC3CC(F)(F)C3)n2)c(C)n1. The van der Waals surface area contributed by atoms with Crippen LogP contribution in [0.2, 0.25) is 0 Å². The zero-order chi connectivity index (χ0) is 30.5. The Morgan fingerprint density at radius 3 is 2.65 bits per heavy atom. The molecule has 0 radical (unpaired) electrons. The van der Waals surface area contributed by atoms with Crippen LogP contribution in [0.4, 0.5) is 20.3 Å². The number of aryl methyl sites for hydroxylation is 1. The summed E-state index contributed by atoms with van der Waals surface area (Å²) >= 11 is 0. The fourth-order valence-electron chi connectivity index (χ4n) is 6.12. The molecule has 0 bridgehead atoms. The molecule has 2 atom stereocenters. The van der Waals surface area contributed by atoms with Crippen LogP contribution < -0.4 is 15.0 Å². The van der Waals surface area contributed by atoms with Gasteiger partial charge in [0.05, 0.1) is 35.8 Å². The molecule has 4 aromatic heterocycles. The molecule has 5 heterocycles. The minimum atomic E-state index is -3.10. The Labute approximate surface area is 249 Å². The van der Waals surface area contributed by atoms with Gasteiger partial charge in [0.2, 0.25) is 5.92 Å². The van der Waals surface area contributed by atoms with E-state index in [1.807, 2.05) is 32.0 Å². The van der Waals surface area contributed by atoms with Crippen molar-refractivity contribution in [2.24, 2.45) is 11.8 Å². The molecule has 4 aromatic rings. The van der Waals surface area contributed by atoms with E-state index in [1.54, 1.807) is 36.4 Å². The number of aromatic nitrogens is 5. The normalized spacial score (nSPS) is 20.1. The van der Waals surface area contributed by atoms with E-state index < -0.39 is 15.8 Å². The fraction of sp³-hybridized carbons (Fsp3) is 0.467. The Kier molecular flexibility index (Phi) is 7.47. The number of fused-ring (bicyclic) bond motifs is 1. The summed E-state index contributed by atoms with van der Waals surface area (Å²) in [4.78, 5) is 16.1. The van der Waals surface area contributed by atoms with Gasteiger partial charge in [0, 0.05) is 85.4 Å². The molecule has 0 amide bonds. The van der Waals surface area contributed by atoms with Gasteiger partial charge in [0.1, 0.15) is 21.4 Å². The second-order valence-electron chi connectivity index (χ2n) is 11.8. The molecule has 0 unspecified atom stereocenters. The molecule has 10 nitrogen and oxygen atoms in total. The molecule has 43 heavy (non-hydrogen) atoms. The molecule has 1 aliphatic carbocycles. The number of anilines is 2. The maximum Gasteiger partial charge on any atom is 0.248 e. The molecule has 1 saturated carbocycles. The van der Waals surface area contributed by atoms with Crippen LogP contribution in [0.25, 0.3) is 28.0 Å². The molecular weight excluding hydrogens is 576 g/mol. The third-order valence-corrected chi connectivity index (χ3v) is 9.57. The van der Waals surface area contributed by atoms with Crippen molar-refractivity contribution in [2.75, 3.05) is 42.4 Å². The number of hydrogen-bond donors (Lipinski definition) is 1. The van der Waals surface area contributed by atoms with E-state index in [0.717, 1.165) is 27.8 Å².